The molecule has 0 aliphatic heterocycles. The molecule has 39 heavy (non-hydrogen) atoms. The molecule has 10 heteroatoms. The average Bonchev–Trinajstić information content (AvgIpc) is 3.65. The number of benzene rings is 2. The van der Waals surface area contributed by atoms with Gasteiger partial charge in [-0.25, -0.2) is 19.1 Å². The molecule has 0 radical (unpaired) electrons. The summed E-state index contributed by atoms with van der Waals surface area (Å²) in [6.45, 7) is 3.71. The Morgan fingerprint density at radius 3 is 2.46 bits per heavy atom. The normalized spacial score (nSPS) is 13.0. The molecule has 1 aliphatic rings. The minimum atomic E-state index is -4.58. The van der Waals surface area contributed by atoms with E-state index < -0.39 is 17.6 Å². The summed E-state index contributed by atoms with van der Waals surface area (Å²) in [5, 5.41) is 5.83. The predicted octanol–water partition coefficient (Wildman–Crippen LogP) is 4.95. The Bertz CT molecular complexity index is 1590. The van der Waals surface area contributed by atoms with E-state index in [0.717, 1.165) is 36.2 Å². The number of carbonyl (C=O) groups is 1. The second kappa shape index (κ2) is 10.3. The Morgan fingerprint density at radius 2 is 1.82 bits per heavy atom. The Hall–Kier alpha value is -4.65. The molecule has 0 spiro atoms. The van der Waals surface area contributed by atoms with Gasteiger partial charge >= 0.3 is 6.18 Å². The van der Waals surface area contributed by atoms with Gasteiger partial charge in [-0.3, -0.25) is 4.79 Å². The number of hydrogen-bond acceptors (Lipinski definition) is 4. The van der Waals surface area contributed by atoms with Gasteiger partial charge in [-0.15, -0.1) is 0 Å². The number of aryl methyl sites for hydroxylation is 3. The zero-order chi connectivity index (χ0) is 27.7. The minimum absolute atomic E-state index is 0.0316. The molecular weight excluding hydrogens is 505 g/mol. The summed E-state index contributed by atoms with van der Waals surface area (Å²) in [4.78, 5) is 21.6. The third-order valence-electron chi connectivity index (χ3n) is 6.38. The van der Waals surface area contributed by atoms with E-state index in [1.807, 2.05) is 13.8 Å². The summed E-state index contributed by atoms with van der Waals surface area (Å²) < 4.78 is 44.3. The number of anilines is 2. The molecule has 2 aromatic carbocycles. The van der Waals surface area contributed by atoms with Gasteiger partial charge in [0.1, 0.15) is 17.6 Å². The van der Waals surface area contributed by atoms with E-state index in [1.165, 1.54) is 6.07 Å². The van der Waals surface area contributed by atoms with E-state index in [0.29, 0.717) is 23.1 Å². The van der Waals surface area contributed by atoms with Crippen molar-refractivity contribution < 1.29 is 22.5 Å². The molecule has 0 unspecified atom stereocenters. The zero-order valence-electron chi connectivity index (χ0n) is 21.6. The quantitative estimate of drug-likeness (QED) is 0.282. The minimum Gasteiger partial charge on any atom is -0.351 e. The van der Waals surface area contributed by atoms with Crippen molar-refractivity contribution in [2.75, 3.05) is 10.6 Å². The summed E-state index contributed by atoms with van der Waals surface area (Å²) in [7, 11) is 1.80. The van der Waals surface area contributed by atoms with E-state index in [-0.39, 0.29) is 16.9 Å². The molecule has 1 amide bonds. The van der Waals surface area contributed by atoms with Crippen molar-refractivity contribution in [3.63, 3.8) is 0 Å². The molecule has 7 nitrogen and oxygen atoms in total. The van der Waals surface area contributed by atoms with Crippen molar-refractivity contribution in [3.05, 3.63) is 94.8 Å². The molecule has 198 valence electrons. The molecule has 0 atom stereocenters. The van der Waals surface area contributed by atoms with Gasteiger partial charge in [0.05, 0.1) is 18.2 Å². The number of nitrogens with one attached hydrogen (secondary N) is 2. The third kappa shape index (κ3) is 6.26. The maximum atomic E-state index is 13.7. The van der Waals surface area contributed by atoms with Crippen LogP contribution in [0, 0.1) is 25.7 Å². The number of aromatic nitrogens is 4. The fraction of sp³-hybridized carbons (Fsp3) is 0.241. The molecular formula is C29H26F3N6O+. The van der Waals surface area contributed by atoms with Gasteiger partial charge in [-0.05, 0) is 49.6 Å². The lowest BCUT2D eigenvalue weighted by Crippen LogP contribution is -2.28. The molecule has 1 fully saturated rings. The lowest BCUT2D eigenvalue weighted by Gasteiger charge is -2.12. The van der Waals surface area contributed by atoms with Crippen LogP contribution in [0.25, 0.3) is 5.69 Å². The topological polar surface area (TPSA) is 75.7 Å². The van der Waals surface area contributed by atoms with E-state index >= 15 is 0 Å². The van der Waals surface area contributed by atoms with Crippen LogP contribution in [-0.2, 0) is 13.2 Å². The van der Waals surface area contributed by atoms with Crippen LogP contribution in [-0.4, -0.2) is 26.5 Å². The first-order chi connectivity index (χ1) is 18.5. The van der Waals surface area contributed by atoms with Crippen LogP contribution < -0.4 is 15.2 Å². The average molecular weight is 532 g/mol. The highest BCUT2D eigenvalue weighted by Gasteiger charge is 2.32. The molecule has 5 rings (SSSR count). The first-order valence-corrected chi connectivity index (χ1v) is 12.3. The second-order valence-electron chi connectivity index (χ2n) is 9.62. The molecule has 2 aromatic heterocycles. The molecule has 1 aliphatic carbocycles. The Balaban J connectivity index is 1.38. The molecule has 2 heterocycles. The SMILES string of the molecule is Cc1ccc(C(=O)Nc2cc(-[n+]3cc(C)n(C)c3)cc(C(F)(F)F)c2)cc1C#Cc1cnc(NC2CC2)nc1. The summed E-state index contributed by atoms with van der Waals surface area (Å²) in [5.74, 6) is 6.07. The van der Waals surface area contributed by atoms with Crippen LogP contribution in [0.3, 0.4) is 0 Å². The first kappa shape index (κ1) is 26.0. The van der Waals surface area contributed by atoms with Crippen molar-refractivity contribution in [3.8, 4) is 17.5 Å². The Labute approximate surface area is 223 Å². The van der Waals surface area contributed by atoms with Crippen LogP contribution in [0.4, 0.5) is 24.8 Å². The van der Waals surface area contributed by atoms with E-state index in [9.17, 15) is 18.0 Å². The summed E-state index contributed by atoms with van der Waals surface area (Å²) in [5.41, 5.74) is 2.67. The lowest BCUT2D eigenvalue weighted by molar-refractivity contribution is -0.595. The fourth-order valence-corrected chi connectivity index (χ4v) is 3.86. The van der Waals surface area contributed by atoms with Gasteiger partial charge in [0.2, 0.25) is 12.3 Å². The van der Waals surface area contributed by atoms with Gasteiger partial charge < -0.3 is 10.6 Å². The zero-order valence-corrected chi connectivity index (χ0v) is 21.6. The number of nitrogens with zero attached hydrogens (tertiary/aromatic N) is 4. The number of imidazole rings is 1. The van der Waals surface area contributed by atoms with Crippen LogP contribution in [0.2, 0.25) is 0 Å². The van der Waals surface area contributed by atoms with E-state index in [2.05, 4.69) is 32.4 Å². The number of carbonyl (C=O) groups excluding carboxylic acids is 1. The molecule has 0 bridgehead atoms. The summed E-state index contributed by atoms with van der Waals surface area (Å²) >= 11 is 0. The number of halogens is 3. The van der Waals surface area contributed by atoms with Crippen LogP contribution >= 0.6 is 0 Å². The monoisotopic (exact) mass is 531 g/mol. The molecule has 4 aromatic rings. The number of hydrogen-bond donors (Lipinski definition) is 2. The highest BCUT2D eigenvalue weighted by atomic mass is 19.4. The van der Waals surface area contributed by atoms with Crippen molar-refractivity contribution in [2.45, 2.75) is 38.9 Å². The van der Waals surface area contributed by atoms with Crippen LogP contribution in [0.15, 0.2) is 61.3 Å². The van der Waals surface area contributed by atoms with Crippen molar-refractivity contribution in [2.24, 2.45) is 7.05 Å². The number of amides is 1. The molecule has 1 saturated carbocycles. The van der Waals surface area contributed by atoms with Crippen molar-refractivity contribution >= 4 is 17.5 Å². The van der Waals surface area contributed by atoms with Gasteiger partial charge in [0.15, 0.2) is 0 Å². The van der Waals surface area contributed by atoms with Crippen LogP contribution in [0.5, 0.6) is 0 Å². The predicted molar refractivity (Wildman–Crippen MR) is 140 cm³/mol. The Morgan fingerprint density at radius 1 is 1.08 bits per heavy atom. The second-order valence-corrected chi connectivity index (χ2v) is 9.62. The molecule has 2 N–H and O–H groups in total. The highest BCUT2D eigenvalue weighted by molar-refractivity contribution is 6.04. The number of rotatable bonds is 5. The number of alkyl halides is 3. The highest BCUT2D eigenvalue weighted by Crippen LogP contribution is 2.32. The lowest BCUT2D eigenvalue weighted by atomic mass is 10.0. The maximum Gasteiger partial charge on any atom is 0.416 e. The largest absolute Gasteiger partial charge is 0.416 e. The van der Waals surface area contributed by atoms with Gasteiger partial charge in [-0.2, -0.15) is 13.2 Å². The molecule has 0 saturated heterocycles. The Kier molecular flexibility index (Phi) is 6.83. The summed E-state index contributed by atoms with van der Waals surface area (Å²) in [6, 6.07) is 8.90. The first-order valence-electron chi connectivity index (χ1n) is 12.3. The smallest absolute Gasteiger partial charge is 0.351 e. The summed E-state index contributed by atoms with van der Waals surface area (Å²) in [6.07, 6.45) is 4.31. The van der Waals surface area contributed by atoms with Crippen molar-refractivity contribution in [1.82, 2.24) is 14.5 Å². The van der Waals surface area contributed by atoms with Crippen LogP contribution in [0.1, 0.15) is 51.1 Å². The van der Waals surface area contributed by atoms with Gasteiger partial charge in [0, 0.05) is 48.2 Å². The van der Waals surface area contributed by atoms with Gasteiger partial charge in [0.25, 0.3) is 5.91 Å². The fourth-order valence-electron chi connectivity index (χ4n) is 3.86. The van der Waals surface area contributed by atoms with E-state index in [1.54, 1.807) is 59.3 Å². The standard InChI is InChI=1S/C29H25F3N6O/c1-18-4-6-22(10-21(18)7-5-20-14-33-28(34-15-20)36-24-8-9-24)27(39)35-25-11-23(29(30,31)32)12-26(13-25)38-16-19(2)37(3)17-38/h4,6,10-17,24H,8-9H2,1-3H3,(H-,33,34,35,36,39)/p+1. The van der Waals surface area contributed by atoms with E-state index in [4.69, 9.17) is 0 Å². The van der Waals surface area contributed by atoms with Crippen molar-refractivity contribution in [1.29, 1.82) is 0 Å². The third-order valence-corrected chi connectivity index (χ3v) is 6.38. The maximum absolute atomic E-state index is 13.7. The van der Waals surface area contributed by atoms with Gasteiger partial charge in [-0.1, -0.05) is 17.9 Å².